The first-order valence-electron chi connectivity index (χ1n) is 7.47. The normalized spacial score (nSPS) is 21.0. The fourth-order valence-electron chi connectivity index (χ4n) is 2.33. The molecular formula is C16H24N2O4. The van der Waals surface area contributed by atoms with Gasteiger partial charge in [0.1, 0.15) is 17.1 Å². The summed E-state index contributed by atoms with van der Waals surface area (Å²) in [7, 11) is 0. The lowest BCUT2D eigenvalue weighted by Gasteiger charge is -2.36. The molecule has 6 heteroatoms. The molecular weight excluding hydrogens is 284 g/mol. The van der Waals surface area contributed by atoms with Gasteiger partial charge in [-0.05, 0) is 39.7 Å². The molecule has 1 amide bonds. The Hall–Kier alpha value is -1.95. The maximum atomic E-state index is 11.6. The third-order valence-electron chi connectivity index (χ3n) is 3.51. The van der Waals surface area contributed by atoms with Crippen LogP contribution in [0.4, 0.5) is 4.79 Å². The van der Waals surface area contributed by atoms with E-state index in [1.807, 2.05) is 20.8 Å². The molecule has 122 valence electrons. The minimum Gasteiger partial charge on any atom is -0.508 e. The van der Waals surface area contributed by atoms with E-state index in [1.165, 1.54) is 6.07 Å². The monoisotopic (exact) mass is 308 g/mol. The number of amides is 1. The van der Waals surface area contributed by atoms with E-state index in [1.54, 1.807) is 12.1 Å². The van der Waals surface area contributed by atoms with Gasteiger partial charge in [0.15, 0.2) is 0 Å². The molecule has 1 aromatic carbocycles. The van der Waals surface area contributed by atoms with Gasteiger partial charge < -0.3 is 25.6 Å². The van der Waals surface area contributed by atoms with Gasteiger partial charge in [0, 0.05) is 30.3 Å². The van der Waals surface area contributed by atoms with Crippen LogP contribution in [-0.2, 0) is 11.3 Å². The summed E-state index contributed by atoms with van der Waals surface area (Å²) in [6, 6.07) is 4.98. The van der Waals surface area contributed by atoms with Gasteiger partial charge in [-0.2, -0.15) is 0 Å². The van der Waals surface area contributed by atoms with Crippen LogP contribution >= 0.6 is 0 Å². The van der Waals surface area contributed by atoms with Crippen molar-refractivity contribution in [3.8, 4) is 11.5 Å². The third-order valence-corrected chi connectivity index (χ3v) is 3.51. The SMILES string of the molecule is CC(C)(C)OC(=O)NC1CC(NCc2ccc(O)cc2O)C1. The number of ether oxygens (including phenoxy) is 1. The first kappa shape index (κ1) is 16.4. The largest absolute Gasteiger partial charge is 0.508 e. The van der Waals surface area contributed by atoms with E-state index in [9.17, 15) is 15.0 Å². The minimum atomic E-state index is -0.484. The Kier molecular flexibility index (Phi) is 4.81. The average Bonchev–Trinajstić information content (AvgIpc) is 2.31. The van der Waals surface area contributed by atoms with Crippen molar-refractivity contribution >= 4 is 6.09 Å². The zero-order valence-electron chi connectivity index (χ0n) is 13.2. The summed E-state index contributed by atoms with van der Waals surface area (Å²) < 4.78 is 5.21. The molecule has 2 rings (SSSR count). The highest BCUT2D eigenvalue weighted by Gasteiger charge is 2.31. The van der Waals surface area contributed by atoms with Crippen LogP contribution < -0.4 is 10.6 Å². The van der Waals surface area contributed by atoms with Gasteiger partial charge >= 0.3 is 6.09 Å². The van der Waals surface area contributed by atoms with E-state index < -0.39 is 5.60 Å². The van der Waals surface area contributed by atoms with Crippen LogP contribution in [0, 0.1) is 0 Å². The molecule has 0 heterocycles. The van der Waals surface area contributed by atoms with Gasteiger partial charge in [-0.25, -0.2) is 4.79 Å². The molecule has 0 radical (unpaired) electrons. The number of benzene rings is 1. The fourth-order valence-corrected chi connectivity index (χ4v) is 2.33. The van der Waals surface area contributed by atoms with Crippen LogP contribution in [0.15, 0.2) is 18.2 Å². The van der Waals surface area contributed by atoms with Crippen molar-refractivity contribution in [1.82, 2.24) is 10.6 Å². The summed E-state index contributed by atoms with van der Waals surface area (Å²) in [6.07, 6.45) is 1.28. The average molecular weight is 308 g/mol. The third kappa shape index (κ3) is 4.80. The molecule has 6 nitrogen and oxygen atoms in total. The van der Waals surface area contributed by atoms with E-state index in [4.69, 9.17) is 4.74 Å². The maximum absolute atomic E-state index is 11.6. The standard InChI is InChI=1S/C16H24N2O4/c1-16(2,3)22-15(21)18-12-6-11(7-12)17-9-10-4-5-13(19)8-14(10)20/h4-5,8,11-12,17,19-20H,6-7,9H2,1-3H3,(H,18,21). The molecule has 0 aromatic heterocycles. The van der Waals surface area contributed by atoms with Crippen LogP contribution in [0.25, 0.3) is 0 Å². The lowest BCUT2D eigenvalue weighted by molar-refractivity contribution is 0.0465. The molecule has 0 unspecified atom stereocenters. The number of hydrogen-bond acceptors (Lipinski definition) is 5. The summed E-state index contributed by atoms with van der Waals surface area (Å²) in [4.78, 5) is 11.6. The first-order chi connectivity index (χ1) is 10.2. The van der Waals surface area contributed by atoms with E-state index in [2.05, 4.69) is 10.6 Å². The molecule has 0 aliphatic heterocycles. The predicted molar refractivity (Wildman–Crippen MR) is 82.8 cm³/mol. The Morgan fingerprint density at radius 3 is 2.55 bits per heavy atom. The number of alkyl carbamates (subject to hydrolysis) is 1. The number of hydrogen-bond donors (Lipinski definition) is 4. The first-order valence-corrected chi connectivity index (χ1v) is 7.47. The van der Waals surface area contributed by atoms with E-state index >= 15 is 0 Å². The Bertz CT molecular complexity index is 533. The molecule has 1 fully saturated rings. The van der Waals surface area contributed by atoms with Crippen molar-refractivity contribution in [3.05, 3.63) is 23.8 Å². The topological polar surface area (TPSA) is 90.8 Å². The second-order valence-corrected chi connectivity index (χ2v) is 6.71. The maximum Gasteiger partial charge on any atom is 0.407 e. The van der Waals surface area contributed by atoms with Crippen molar-refractivity contribution < 1.29 is 19.7 Å². The van der Waals surface area contributed by atoms with Gasteiger partial charge in [-0.1, -0.05) is 6.07 Å². The van der Waals surface area contributed by atoms with Crippen molar-refractivity contribution in [2.75, 3.05) is 0 Å². The molecule has 0 saturated heterocycles. The number of phenolic OH excluding ortho intramolecular Hbond substituents is 2. The summed E-state index contributed by atoms with van der Waals surface area (Å²) in [5, 5.41) is 25.1. The Labute approximate surface area is 130 Å². The second kappa shape index (κ2) is 6.44. The van der Waals surface area contributed by atoms with Crippen molar-refractivity contribution in [2.45, 2.75) is 57.8 Å². The van der Waals surface area contributed by atoms with Crippen LogP contribution in [0.2, 0.25) is 0 Å². The lowest BCUT2D eigenvalue weighted by atomic mass is 9.86. The molecule has 0 bridgehead atoms. The number of nitrogens with one attached hydrogen (secondary N) is 2. The Morgan fingerprint density at radius 2 is 1.95 bits per heavy atom. The van der Waals surface area contributed by atoms with E-state index in [0.29, 0.717) is 12.6 Å². The zero-order chi connectivity index (χ0) is 16.3. The summed E-state index contributed by atoms with van der Waals surface area (Å²) in [6.45, 7) is 6.03. The molecule has 1 aliphatic carbocycles. The number of aromatic hydroxyl groups is 2. The van der Waals surface area contributed by atoms with E-state index in [0.717, 1.165) is 18.4 Å². The fraction of sp³-hybridized carbons (Fsp3) is 0.562. The van der Waals surface area contributed by atoms with Crippen molar-refractivity contribution in [3.63, 3.8) is 0 Å². The lowest BCUT2D eigenvalue weighted by Crippen LogP contribution is -2.52. The second-order valence-electron chi connectivity index (χ2n) is 6.71. The van der Waals surface area contributed by atoms with Crippen molar-refractivity contribution in [2.24, 2.45) is 0 Å². The van der Waals surface area contributed by atoms with Crippen LogP contribution in [-0.4, -0.2) is 34.0 Å². The molecule has 1 aromatic rings. The molecule has 1 aliphatic rings. The summed E-state index contributed by atoms with van der Waals surface area (Å²) in [5.74, 6) is 0.127. The van der Waals surface area contributed by atoms with Crippen LogP contribution in [0.3, 0.4) is 0 Å². The number of carbonyl (C=O) groups excluding carboxylic acids is 1. The van der Waals surface area contributed by atoms with Gasteiger partial charge in [-0.15, -0.1) is 0 Å². The van der Waals surface area contributed by atoms with Crippen LogP contribution in [0.5, 0.6) is 11.5 Å². The molecule has 1 saturated carbocycles. The quantitative estimate of drug-likeness (QED) is 0.685. The highest BCUT2D eigenvalue weighted by atomic mass is 16.6. The Morgan fingerprint density at radius 1 is 1.27 bits per heavy atom. The van der Waals surface area contributed by atoms with Crippen LogP contribution in [0.1, 0.15) is 39.2 Å². The molecule has 0 spiro atoms. The molecule has 0 atom stereocenters. The number of carbonyl (C=O) groups is 1. The van der Waals surface area contributed by atoms with Gasteiger partial charge in [-0.3, -0.25) is 0 Å². The highest BCUT2D eigenvalue weighted by molar-refractivity contribution is 5.68. The minimum absolute atomic E-state index is 0.0477. The Balaban J connectivity index is 1.68. The van der Waals surface area contributed by atoms with Gasteiger partial charge in [0.05, 0.1) is 0 Å². The zero-order valence-corrected chi connectivity index (χ0v) is 13.2. The number of rotatable bonds is 4. The van der Waals surface area contributed by atoms with E-state index in [-0.39, 0.29) is 23.6 Å². The smallest absolute Gasteiger partial charge is 0.407 e. The van der Waals surface area contributed by atoms with Crippen molar-refractivity contribution in [1.29, 1.82) is 0 Å². The predicted octanol–water partition coefficient (Wildman–Crippen LogP) is 2.24. The van der Waals surface area contributed by atoms with Gasteiger partial charge in [0.2, 0.25) is 0 Å². The summed E-state index contributed by atoms with van der Waals surface area (Å²) in [5.41, 5.74) is 0.253. The molecule has 22 heavy (non-hydrogen) atoms. The molecule has 4 N–H and O–H groups in total. The van der Waals surface area contributed by atoms with Gasteiger partial charge in [0.25, 0.3) is 0 Å². The highest BCUT2D eigenvalue weighted by Crippen LogP contribution is 2.25. The number of phenols is 2. The summed E-state index contributed by atoms with van der Waals surface area (Å²) >= 11 is 0.